The third-order valence-electron chi connectivity index (χ3n) is 3.45. The van der Waals surface area contributed by atoms with Crippen molar-refractivity contribution >= 4 is 29.4 Å². The molecule has 0 saturated carbocycles. The van der Waals surface area contributed by atoms with Gasteiger partial charge in [-0.15, -0.1) is 0 Å². The number of carbonyl (C=O) groups is 2. The van der Waals surface area contributed by atoms with Gasteiger partial charge in [0.05, 0.1) is 16.5 Å². The predicted molar refractivity (Wildman–Crippen MR) is 89.5 cm³/mol. The Bertz CT molecular complexity index is 687. The fourth-order valence-electron chi connectivity index (χ4n) is 2.30. The van der Waals surface area contributed by atoms with Gasteiger partial charge in [-0.3, -0.25) is 10.1 Å². The number of non-ortho nitro benzene ring substituents is 1. The average Bonchev–Trinajstić information content (AvgIpc) is 2.54. The standard InChI is InChI=1S/C15H17N3O5S/c1-9-12(14(19)23-7-8-24-2)13(17-15(20)16-9)10-3-5-11(6-4-10)18(21)22/h3-6,13H,7-8H2,1-2H3,(H2,16,17,20). The van der Waals surface area contributed by atoms with Gasteiger partial charge in [0.25, 0.3) is 5.69 Å². The second-order valence-corrected chi connectivity index (χ2v) is 6.03. The van der Waals surface area contributed by atoms with Crippen LogP contribution >= 0.6 is 11.8 Å². The molecule has 128 valence electrons. The zero-order valence-electron chi connectivity index (χ0n) is 13.2. The van der Waals surface area contributed by atoms with Crippen molar-refractivity contribution in [2.75, 3.05) is 18.6 Å². The third kappa shape index (κ3) is 4.05. The molecule has 0 radical (unpaired) electrons. The normalized spacial score (nSPS) is 17.1. The molecule has 0 aromatic heterocycles. The van der Waals surface area contributed by atoms with E-state index < -0.39 is 23.0 Å². The molecule has 1 aliphatic rings. The molecule has 1 aliphatic heterocycles. The first kappa shape index (κ1) is 17.8. The number of carbonyl (C=O) groups excluding carboxylic acids is 2. The molecule has 2 rings (SSSR count). The summed E-state index contributed by atoms with van der Waals surface area (Å²) in [4.78, 5) is 34.3. The summed E-state index contributed by atoms with van der Waals surface area (Å²) < 4.78 is 5.22. The molecule has 1 aromatic rings. The minimum atomic E-state index is -0.721. The SMILES string of the molecule is CSCCOC(=O)C1=C(C)NC(=O)NC1c1ccc([N+](=O)[O-])cc1. The van der Waals surface area contributed by atoms with Crippen LogP contribution in [0, 0.1) is 10.1 Å². The van der Waals surface area contributed by atoms with Gasteiger partial charge < -0.3 is 15.4 Å². The number of allylic oxidation sites excluding steroid dienone is 1. The number of benzene rings is 1. The van der Waals surface area contributed by atoms with E-state index in [2.05, 4.69) is 10.6 Å². The van der Waals surface area contributed by atoms with Crippen LogP contribution in [0.4, 0.5) is 10.5 Å². The van der Waals surface area contributed by atoms with E-state index in [0.717, 1.165) is 0 Å². The quantitative estimate of drug-likeness (QED) is 0.351. The summed E-state index contributed by atoms with van der Waals surface area (Å²) in [5.74, 6) is 0.137. The number of rotatable bonds is 6. The Morgan fingerprint density at radius 2 is 2.04 bits per heavy atom. The first-order chi connectivity index (χ1) is 11.4. The molecule has 0 saturated heterocycles. The molecule has 2 N–H and O–H groups in total. The summed E-state index contributed by atoms with van der Waals surface area (Å²) >= 11 is 1.55. The van der Waals surface area contributed by atoms with Gasteiger partial charge in [0.1, 0.15) is 6.61 Å². The first-order valence-electron chi connectivity index (χ1n) is 7.12. The van der Waals surface area contributed by atoms with Gasteiger partial charge in [-0.1, -0.05) is 0 Å². The molecule has 24 heavy (non-hydrogen) atoms. The van der Waals surface area contributed by atoms with Gasteiger partial charge in [-0.2, -0.15) is 11.8 Å². The number of nitrogens with one attached hydrogen (secondary N) is 2. The lowest BCUT2D eigenvalue weighted by atomic mass is 9.95. The largest absolute Gasteiger partial charge is 0.461 e. The predicted octanol–water partition coefficient (Wildman–Crippen LogP) is 2.13. The van der Waals surface area contributed by atoms with Gasteiger partial charge >= 0.3 is 12.0 Å². The molecule has 1 aromatic carbocycles. The van der Waals surface area contributed by atoms with E-state index >= 15 is 0 Å². The summed E-state index contributed by atoms with van der Waals surface area (Å²) in [5, 5.41) is 15.9. The van der Waals surface area contributed by atoms with E-state index in [4.69, 9.17) is 4.74 Å². The monoisotopic (exact) mass is 351 g/mol. The molecule has 2 amide bonds. The zero-order chi connectivity index (χ0) is 17.7. The van der Waals surface area contributed by atoms with Gasteiger partial charge in [0, 0.05) is 23.6 Å². The number of ether oxygens (including phenoxy) is 1. The van der Waals surface area contributed by atoms with Crippen molar-refractivity contribution < 1.29 is 19.2 Å². The van der Waals surface area contributed by atoms with Crippen LogP contribution in [-0.2, 0) is 9.53 Å². The summed E-state index contributed by atoms with van der Waals surface area (Å²) in [7, 11) is 0. The highest BCUT2D eigenvalue weighted by Crippen LogP contribution is 2.28. The first-order valence-corrected chi connectivity index (χ1v) is 8.52. The van der Waals surface area contributed by atoms with Crippen molar-refractivity contribution in [2.24, 2.45) is 0 Å². The average molecular weight is 351 g/mol. The highest BCUT2D eigenvalue weighted by molar-refractivity contribution is 7.98. The fraction of sp³-hybridized carbons (Fsp3) is 0.333. The molecule has 1 heterocycles. The van der Waals surface area contributed by atoms with E-state index in [-0.39, 0.29) is 17.9 Å². The maximum absolute atomic E-state index is 12.4. The number of hydrogen-bond acceptors (Lipinski definition) is 6. The minimum absolute atomic E-state index is 0.0659. The number of hydrogen-bond donors (Lipinski definition) is 2. The number of nitro groups is 1. The Labute approximate surface area is 142 Å². The highest BCUT2D eigenvalue weighted by atomic mass is 32.2. The Balaban J connectivity index is 2.30. The van der Waals surface area contributed by atoms with Gasteiger partial charge in [0.15, 0.2) is 0 Å². The molecule has 9 heteroatoms. The number of thioether (sulfide) groups is 1. The van der Waals surface area contributed by atoms with Gasteiger partial charge in [0.2, 0.25) is 0 Å². The number of nitro benzene ring substituents is 1. The molecule has 1 atom stereocenters. The molecule has 1 unspecified atom stereocenters. The fourth-order valence-corrected chi connectivity index (χ4v) is 2.55. The maximum Gasteiger partial charge on any atom is 0.338 e. The molecular weight excluding hydrogens is 334 g/mol. The van der Waals surface area contributed by atoms with E-state index in [1.54, 1.807) is 18.7 Å². The number of nitrogens with zero attached hydrogens (tertiary/aromatic N) is 1. The van der Waals surface area contributed by atoms with Crippen molar-refractivity contribution in [3.8, 4) is 0 Å². The topological polar surface area (TPSA) is 111 Å². The lowest BCUT2D eigenvalue weighted by Gasteiger charge is -2.28. The summed E-state index contributed by atoms with van der Waals surface area (Å²) in [6.07, 6.45) is 1.90. The van der Waals surface area contributed by atoms with Crippen molar-refractivity contribution in [2.45, 2.75) is 13.0 Å². The van der Waals surface area contributed by atoms with Crippen molar-refractivity contribution in [1.82, 2.24) is 10.6 Å². The van der Waals surface area contributed by atoms with E-state index in [1.165, 1.54) is 24.3 Å². The highest BCUT2D eigenvalue weighted by Gasteiger charge is 2.32. The second-order valence-electron chi connectivity index (χ2n) is 5.05. The van der Waals surface area contributed by atoms with Crippen LogP contribution in [0.2, 0.25) is 0 Å². The molecule has 0 bridgehead atoms. The maximum atomic E-state index is 12.4. The number of amides is 2. The van der Waals surface area contributed by atoms with Gasteiger partial charge in [-0.25, -0.2) is 9.59 Å². The number of esters is 1. The van der Waals surface area contributed by atoms with Crippen LogP contribution in [0.25, 0.3) is 0 Å². The van der Waals surface area contributed by atoms with Crippen LogP contribution < -0.4 is 10.6 Å². The molecule has 0 spiro atoms. The Morgan fingerprint density at radius 1 is 1.38 bits per heavy atom. The molecule has 8 nitrogen and oxygen atoms in total. The zero-order valence-corrected chi connectivity index (χ0v) is 14.0. The van der Waals surface area contributed by atoms with E-state index in [0.29, 0.717) is 17.0 Å². The number of urea groups is 1. The molecular formula is C15H17N3O5S. The van der Waals surface area contributed by atoms with Crippen LogP contribution in [-0.4, -0.2) is 35.5 Å². The smallest absolute Gasteiger partial charge is 0.338 e. The summed E-state index contributed by atoms with van der Waals surface area (Å²) in [5.41, 5.74) is 1.18. The van der Waals surface area contributed by atoms with Crippen molar-refractivity contribution in [3.63, 3.8) is 0 Å². The summed E-state index contributed by atoms with van der Waals surface area (Å²) in [6, 6.07) is 4.51. The molecule has 0 fully saturated rings. The Hall–Kier alpha value is -2.55. The lowest BCUT2D eigenvalue weighted by molar-refractivity contribution is -0.384. The second kappa shape index (κ2) is 7.82. The van der Waals surface area contributed by atoms with Crippen molar-refractivity contribution in [1.29, 1.82) is 0 Å². The van der Waals surface area contributed by atoms with E-state index in [1.807, 2.05) is 6.26 Å². The summed E-state index contributed by atoms with van der Waals surface area (Å²) in [6.45, 7) is 1.88. The lowest BCUT2D eigenvalue weighted by Crippen LogP contribution is -2.45. The minimum Gasteiger partial charge on any atom is -0.461 e. The van der Waals surface area contributed by atoms with Gasteiger partial charge in [-0.05, 0) is 30.9 Å². The Kier molecular flexibility index (Phi) is 5.80. The van der Waals surface area contributed by atoms with Crippen molar-refractivity contribution in [3.05, 3.63) is 51.2 Å². The van der Waals surface area contributed by atoms with Crippen LogP contribution in [0.5, 0.6) is 0 Å². The van der Waals surface area contributed by atoms with Crippen LogP contribution in [0.15, 0.2) is 35.5 Å². The third-order valence-corrected chi connectivity index (χ3v) is 4.02. The Morgan fingerprint density at radius 3 is 2.62 bits per heavy atom. The van der Waals surface area contributed by atoms with Crippen LogP contribution in [0.3, 0.4) is 0 Å². The molecule has 0 aliphatic carbocycles. The van der Waals surface area contributed by atoms with E-state index in [9.17, 15) is 19.7 Å². The van der Waals surface area contributed by atoms with Crippen LogP contribution in [0.1, 0.15) is 18.5 Å².